The molecule has 0 saturated heterocycles. The molecule has 0 aliphatic carbocycles. The van der Waals surface area contributed by atoms with Crippen LogP contribution in [0.2, 0.25) is 0 Å². The molecular formula is C32H44N2O6S4. The zero-order valence-electron chi connectivity index (χ0n) is 26.0. The van der Waals surface area contributed by atoms with Crippen LogP contribution < -0.4 is 9.47 Å². The molecule has 2 rings (SSSR count). The second-order valence-electron chi connectivity index (χ2n) is 10.1. The molecule has 0 radical (unpaired) electrons. The first-order valence-corrected chi connectivity index (χ1v) is 20.0. The van der Waals surface area contributed by atoms with Crippen molar-refractivity contribution in [3.05, 3.63) is 48.5 Å². The Kier molecular flexibility index (Phi) is 16.6. The van der Waals surface area contributed by atoms with E-state index in [1.807, 2.05) is 0 Å². The molecule has 44 heavy (non-hydrogen) atoms. The molecule has 0 amide bonds. The summed E-state index contributed by atoms with van der Waals surface area (Å²) < 4.78 is 67.7. The van der Waals surface area contributed by atoms with Gasteiger partial charge in [0.2, 0.25) is 20.0 Å². The van der Waals surface area contributed by atoms with Gasteiger partial charge in [-0.15, -0.1) is 12.8 Å². The third-order valence-electron chi connectivity index (χ3n) is 6.57. The van der Waals surface area contributed by atoms with E-state index in [1.165, 1.54) is 54.5 Å². The first-order valence-electron chi connectivity index (χ1n) is 14.6. The van der Waals surface area contributed by atoms with E-state index in [9.17, 15) is 16.8 Å². The van der Waals surface area contributed by atoms with Crippen molar-refractivity contribution in [1.82, 2.24) is 8.61 Å². The Hall–Kier alpha value is -2.32. The van der Waals surface area contributed by atoms with Crippen LogP contribution in [0.25, 0.3) is 0 Å². The second kappa shape index (κ2) is 19.3. The third-order valence-corrected chi connectivity index (χ3v) is 13.2. The van der Waals surface area contributed by atoms with Crippen molar-refractivity contribution >= 4 is 41.6 Å². The standard InChI is InChI=1S/C32H44N2O6S4/c1-7-11-23-39-29-13-17-31(18-14-29)43(35,36)33(21-9-3)27(5)25-41-42-26-28(6)34(22-10-4)44(37,38)32-19-15-30(16-20-32)40-24-12-8-2/h3-4,13-20,27-28H,7-8,11-12,21-26H2,1-2,5-6H3. The number of nitrogens with zero attached hydrogens (tertiary/aromatic N) is 2. The molecule has 0 aliphatic heterocycles. The largest absolute Gasteiger partial charge is 0.494 e. The molecule has 0 aromatic heterocycles. The van der Waals surface area contributed by atoms with E-state index in [-0.39, 0.29) is 22.9 Å². The summed E-state index contributed by atoms with van der Waals surface area (Å²) in [6, 6.07) is 11.9. The summed E-state index contributed by atoms with van der Waals surface area (Å²) in [7, 11) is -4.78. The van der Waals surface area contributed by atoms with Crippen LogP contribution in [0.1, 0.15) is 53.4 Å². The van der Waals surface area contributed by atoms with E-state index in [4.69, 9.17) is 22.3 Å². The molecule has 0 heterocycles. The quantitative estimate of drug-likeness (QED) is 0.0881. The van der Waals surface area contributed by atoms with E-state index in [1.54, 1.807) is 38.1 Å². The lowest BCUT2D eigenvalue weighted by atomic mass is 10.3. The summed E-state index contributed by atoms with van der Waals surface area (Å²) in [5.41, 5.74) is 0. The SMILES string of the molecule is C#CCN(C(C)CSSCC(C)N(CC#C)S(=O)(=O)c1ccc(OCCCC)cc1)S(=O)(=O)c1ccc(OCCCC)cc1. The van der Waals surface area contributed by atoms with Crippen molar-refractivity contribution in [2.45, 2.75) is 75.3 Å². The molecule has 12 heteroatoms. The van der Waals surface area contributed by atoms with E-state index in [0.717, 1.165) is 25.7 Å². The number of ether oxygens (including phenoxy) is 2. The molecule has 2 unspecified atom stereocenters. The minimum atomic E-state index is -3.84. The fraction of sp³-hybridized carbons (Fsp3) is 0.500. The van der Waals surface area contributed by atoms with Crippen molar-refractivity contribution < 1.29 is 26.3 Å². The lowest BCUT2D eigenvalue weighted by Gasteiger charge is -2.28. The molecule has 0 aliphatic rings. The van der Waals surface area contributed by atoms with Gasteiger partial charge in [-0.1, -0.05) is 60.1 Å². The fourth-order valence-corrected chi connectivity index (χ4v) is 9.93. The number of hydrogen-bond donors (Lipinski definition) is 0. The zero-order chi connectivity index (χ0) is 32.6. The van der Waals surface area contributed by atoms with Gasteiger partial charge in [0.05, 0.1) is 36.1 Å². The highest BCUT2D eigenvalue weighted by atomic mass is 33.1. The van der Waals surface area contributed by atoms with Crippen LogP contribution in [0.3, 0.4) is 0 Å². The molecule has 2 atom stereocenters. The highest BCUT2D eigenvalue weighted by molar-refractivity contribution is 8.76. The summed E-state index contributed by atoms with van der Waals surface area (Å²) in [5, 5.41) is 0. The third kappa shape index (κ3) is 11.2. The highest BCUT2D eigenvalue weighted by Crippen LogP contribution is 2.30. The maximum absolute atomic E-state index is 13.4. The van der Waals surface area contributed by atoms with Crippen molar-refractivity contribution in [2.24, 2.45) is 0 Å². The average molecular weight is 681 g/mol. The number of unbranched alkanes of at least 4 members (excludes halogenated alkanes) is 2. The van der Waals surface area contributed by atoms with Gasteiger partial charge in [-0.3, -0.25) is 0 Å². The number of hydrogen-bond acceptors (Lipinski definition) is 8. The van der Waals surface area contributed by atoms with Crippen LogP contribution >= 0.6 is 21.6 Å². The van der Waals surface area contributed by atoms with E-state index < -0.39 is 32.1 Å². The Morgan fingerprint density at radius 1 is 0.682 bits per heavy atom. The van der Waals surface area contributed by atoms with Gasteiger partial charge in [0.1, 0.15) is 11.5 Å². The van der Waals surface area contributed by atoms with Gasteiger partial charge in [0.25, 0.3) is 0 Å². The van der Waals surface area contributed by atoms with Gasteiger partial charge in [-0.05, 0) is 75.2 Å². The average Bonchev–Trinajstić information content (AvgIpc) is 3.01. The van der Waals surface area contributed by atoms with E-state index in [0.29, 0.717) is 36.2 Å². The van der Waals surface area contributed by atoms with Crippen LogP contribution in [0, 0.1) is 24.7 Å². The molecule has 0 N–H and O–H groups in total. The van der Waals surface area contributed by atoms with Crippen molar-refractivity contribution in [3.8, 4) is 36.2 Å². The summed E-state index contributed by atoms with van der Waals surface area (Å²) in [4.78, 5) is 0.286. The van der Waals surface area contributed by atoms with Gasteiger partial charge in [0, 0.05) is 23.6 Å². The molecule has 0 fully saturated rings. The van der Waals surface area contributed by atoms with Gasteiger partial charge >= 0.3 is 0 Å². The predicted octanol–water partition coefficient (Wildman–Crippen LogP) is 6.15. The summed E-state index contributed by atoms with van der Waals surface area (Å²) >= 11 is 0. The molecular weight excluding hydrogens is 637 g/mol. The predicted molar refractivity (Wildman–Crippen MR) is 183 cm³/mol. The second-order valence-corrected chi connectivity index (χ2v) is 16.5. The van der Waals surface area contributed by atoms with Gasteiger partial charge in [-0.25, -0.2) is 16.8 Å². The van der Waals surface area contributed by atoms with Crippen LogP contribution in [0.5, 0.6) is 11.5 Å². The van der Waals surface area contributed by atoms with E-state index >= 15 is 0 Å². The Labute approximate surface area is 273 Å². The lowest BCUT2D eigenvalue weighted by Crippen LogP contribution is -2.40. The Morgan fingerprint density at radius 2 is 1.02 bits per heavy atom. The number of terminal acetylenes is 2. The molecule has 2 aromatic rings. The maximum Gasteiger partial charge on any atom is 0.244 e. The van der Waals surface area contributed by atoms with E-state index in [2.05, 4.69) is 25.7 Å². The van der Waals surface area contributed by atoms with Crippen molar-refractivity contribution in [1.29, 1.82) is 0 Å². The molecule has 0 bridgehead atoms. The number of sulfonamides is 2. The lowest BCUT2D eigenvalue weighted by molar-refractivity contribution is 0.309. The molecule has 2 aromatic carbocycles. The van der Waals surface area contributed by atoms with Crippen LogP contribution in [0.4, 0.5) is 0 Å². The maximum atomic E-state index is 13.4. The van der Waals surface area contributed by atoms with Crippen LogP contribution in [-0.2, 0) is 20.0 Å². The highest BCUT2D eigenvalue weighted by Gasteiger charge is 2.30. The van der Waals surface area contributed by atoms with Gasteiger partial charge in [-0.2, -0.15) is 8.61 Å². The normalized spacial score (nSPS) is 13.3. The topological polar surface area (TPSA) is 93.2 Å². The summed E-state index contributed by atoms with van der Waals surface area (Å²) in [6.07, 6.45) is 14.9. The summed E-state index contributed by atoms with van der Waals surface area (Å²) in [5.74, 6) is 7.04. The minimum Gasteiger partial charge on any atom is -0.494 e. The van der Waals surface area contributed by atoms with Crippen molar-refractivity contribution in [2.75, 3.05) is 37.8 Å². The van der Waals surface area contributed by atoms with Gasteiger partial charge in [0.15, 0.2) is 0 Å². The molecule has 242 valence electrons. The first-order chi connectivity index (χ1) is 21.0. The fourth-order valence-electron chi connectivity index (χ4n) is 3.95. The molecule has 0 spiro atoms. The molecule has 8 nitrogen and oxygen atoms in total. The van der Waals surface area contributed by atoms with Gasteiger partial charge < -0.3 is 9.47 Å². The van der Waals surface area contributed by atoms with Crippen LogP contribution in [0.15, 0.2) is 58.3 Å². The Bertz CT molecular complexity index is 1320. The molecule has 0 saturated carbocycles. The summed E-state index contributed by atoms with van der Waals surface area (Å²) in [6.45, 7) is 8.75. The smallest absolute Gasteiger partial charge is 0.244 e. The van der Waals surface area contributed by atoms with Crippen molar-refractivity contribution in [3.63, 3.8) is 0 Å². The number of benzene rings is 2. The first kappa shape index (κ1) is 37.9. The zero-order valence-corrected chi connectivity index (χ0v) is 29.2. The monoisotopic (exact) mass is 680 g/mol. The Morgan fingerprint density at radius 3 is 1.32 bits per heavy atom. The van der Waals surface area contributed by atoms with Crippen LogP contribution in [-0.4, -0.2) is 75.3 Å². The number of rotatable bonds is 21. The Balaban J connectivity index is 2.01. The minimum absolute atomic E-state index is 0.0729.